The molecule has 0 aliphatic rings. The number of allylic oxidation sites excluding steroid dienone is 10. The lowest BCUT2D eigenvalue weighted by atomic mass is 10.0. The zero-order chi connectivity index (χ0) is 54.9. The number of aliphatic hydroxyl groups excluding tert-OH is 1. The number of amides is 1. The Balaban J connectivity index is 4.00. The molecule has 2 N–H and O–H groups in total. The second-order valence-corrected chi connectivity index (χ2v) is 24.5. The number of rotatable bonds is 59. The van der Waals surface area contributed by atoms with Crippen LogP contribution >= 0.6 is 7.82 Å². The van der Waals surface area contributed by atoms with E-state index in [2.05, 4.69) is 79.9 Å². The van der Waals surface area contributed by atoms with Gasteiger partial charge in [-0.2, -0.15) is 0 Å². The summed E-state index contributed by atoms with van der Waals surface area (Å²) in [6.07, 6.45) is 77.0. The van der Waals surface area contributed by atoms with Gasteiger partial charge in [-0.05, 0) is 57.8 Å². The highest BCUT2D eigenvalue weighted by Crippen LogP contribution is 2.38. The van der Waals surface area contributed by atoms with Crippen molar-refractivity contribution in [2.75, 3.05) is 40.9 Å². The van der Waals surface area contributed by atoms with E-state index in [0.29, 0.717) is 23.9 Å². The van der Waals surface area contributed by atoms with Gasteiger partial charge in [-0.15, -0.1) is 0 Å². The number of carbonyl (C=O) groups is 1. The molecule has 0 rings (SSSR count). The molecule has 0 aliphatic carbocycles. The lowest BCUT2D eigenvalue weighted by Crippen LogP contribution is -2.46. The monoisotopic (exact) mass is 1070 g/mol. The topological polar surface area (TPSA) is 108 Å². The maximum absolute atomic E-state index is 13.0. The number of hydrogen-bond acceptors (Lipinski definition) is 6. The van der Waals surface area contributed by atoms with Crippen molar-refractivity contribution in [3.05, 3.63) is 60.8 Å². The summed E-state index contributed by atoms with van der Waals surface area (Å²) in [7, 11) is 1.31. The SMILES string of the molecule is CC/C=C\C/C=C\C/C=C\C/C=C\C/C=C\CCCCCCCCCCCCCCCCCCCCCC(=O)NC(COP(=O)([O-])OCC[N+](C)(C)C)C(O)CCCCCCCCCCCCCCCCCCCC. The molecule has 0 bridgehead atoms. The van der Waals surface area contributed by atoms with E-state index in [1.54, 1.807) is 0 Å². The van der Waals surface area contributed by atoms with Crippen LogP contribution in [0.5, 0.6) is 0 Å². The minimum atomic E-state index is -4.58. The Morgan fingerprint density at radius 2 is 0.813 bits per heavy atom. The Labute approximate surface area is 466 Å². The van der Waals surface area contributed by atoms with Gasteiger partial charge in [-0.25, -0.2) is 0 Å². The molecule has 8 nitrogen and oxygen atoms in total. The number of phosphoric ester groups is 1. The van der Waals surface area contributed by atoms with E-state index >= 15 is 0 Å². The molecule has 3 unspecified atom stereocenters. The summed E-state index contributed by atoms with van der Waals surface area (Å²) in [6.45, 7) is 4.64. The first-order valence-corrected chi connectivity index (χ1v) is 33.6. The van der Waals surface area contributed by atoms with Gasteiger partial charge in [0.05, 0.1) is 39.9 Å². The Hall–Kier alpha value is -1.80. The van der Waals surface area contributed by atoms with Gasteiger partial charge in [0.2, 0.25) is 5.91 Å². The Kier molecular flexibility index (Phi) is 55.5. The maximum Gasteiger partial charge on any atom is 0.268 e. The Morgan fingerprint density at radius 3 is 1.19 bits per heavy atom. The molecule has 0 spiro atoms. The number of hydrogen-bond donors (Lipinski definition) is 2. The lowest BCUT2D eigenvalue weighted by Gasteiger charge is -2.30. The van der Waals surface area contributed by atoms with Crippen LogP contribution < -0.4 is 10.2 Å². The molecule has 0 aromatic rings. The number of nitrogens with zero attached hydrogens (tertiary/aromatic N) is 1. The summed E-state index contributed by atoms with van der Waals surface area (Å²) >= 11 is 0. The van der Waals surface area contributed by atoms with E-state index in [0.717, 1.165) is 70.6 Å². The van der Waals surface area contributed by atoms with E-state index in [4.69, 9.17) is 9.05 Å². The van der Waals surface area contributed by atoms with Crippen molar-refractivity contribution in [2.24, 2.45) is 0 Å². The highest BCUT2D eigenvalue weighted by atomic mass is 31.2. The predicted molar refractivity (Wildman–Crippen MR) is 325 cm³/mol. The highest BCUT2D eigenvalue weighted by Gasteiger charge is 2.24. The quantitative estimate of drug-likeness (QED) is 0.0272. The van der Waals surface area contributed by atoms with E-state index in [1.807, 2.05) is 21.1 Å². The average molecular weight is 1070 g/mol. The summed E-state index contributed by atoms with van der Waals surface area (Å²) in [5.41, 5.74) is 0. The fraction of sp³-hybridized carbons (Fsp3) is 0.833. The Morgan fingerprint density at radius 1 is 0.480 bits per heavy atom. The van der Waals surface area contributed by atoms with Crippen LogP contribution in [0.1, 0.15) is 303 Å². The van der Waals surface area contributed by atoms with Crippen molar-refractivity contribution < 1.29 is 32.9 Å². The Bertz CT molecular complexity index is 1400. The van der Waals surface area contributed by atoms with Crippen LogP contribution in [0.25, 0.3) is 0 Å². The number of likely N-dealkylation sites (N-methyl/N-ethyl adjacent to an activating group) is 1. The van der Waals surface area contributed by atoms with Gasteiger partial charge in [0.1, 0.15) is 13.2 Å². The number of phosphoric acid groups is 1. The number of carbonyl (C=O) groups excluding carboxylic acids is 1. The molecule has 0 saturated carbocycles. The van der Waals surface area contributed by atoms with Crippen molar-refractivity contribution in [2.45, 2.75) is 315 Å². The zero-order valence-electron chi connectivity index (χ0n) is 50.3. The van der Waals surface area contributed by atoms with E-state index in [-0.39, 0.29) is 19.1 Å². The molecule has 0 fully saturated rings. The number of unbranched alkanes of at least 4 members (excludes halogenated alkanes) is 36. The van der Waals surface area contributed by atoms with Crippen LogP contribution in [0.2, 0.25) is 0 Å². The zero-order valence-corrected chi connectivity index (χ0v) is 51.1. The van der Waals surface area contributed by atoms with Gasteiger partial charge >= 0.3 is 0 Å². The van der Waals surface area contributed by atoms with E-state index in [1.165, 1.54) is 205 Å². The first-order chi connectivity index (χ1) is 36.5. The van der Waals surface area contributed by atoms with Crippen molar-refractivity contribution in [3.8, 4) is 0 Å². The molecule has 3 atom stereocenters. The molecule has 0 aliphatic heterocycles. The summed E-state index contributed by atoms with van der Waals surface area (Å²) in [6, 6.07) is -0.801. The first-order valence-electron chi connectivity index (χ1n) is 32.1. The van der Waals surface area contributed by atoms with E-state index < -0.39 is 20.0 Å². The summed E-state index contributed by atoms with van der Waals surface area (Å²) in [5, 5.41) is 14.1. The summed E-state index contributed by atoms with van der Waals surface area (Å²) in [5.74, 6) is -0.161. The number of nitrogens with one attached hydrogen (secondary N) is 1. The van der Waals surface area contributed by atoms with Crippen LogP contribution in [0.4, 0.5) is 0 Å². The van der Waals surface area contributed by atoms with Crippen molar-refractivity contribution >= 4 is 13.7 Å². The molecular formula is C66H125N2O6P. The number of quaternary nitrogens is 1. The smallest absolute Gasteiger partial charge is 0.268 e. The van der Waals surface area contributed by atoms with E-state index in [9.17, 15) is 19.4 Å². The lowest BCUT2D eigenvalue weighted by molar-refractivity contribution is -0.870. The molecule has 0 radical (unpaired) electrons. The molecule has 9 heteroatoms. The molecule has 0 heterocycles. The molecule has 440 valence electrons. The molecule has 1 amide bonds. The largest absolute Gasteiger partial charge is 0.756 e. The first kappa shape index (κ1) is 73.2. The van der Waals surface area contributed by atoms with Gasteiger partial charge in [-0.3, -0.25) is 9.36 Å². The second-order valence-electron chi connectivity index (χ2n) is 23.1. The van der Waals surface area contributed by atoms with Gasteiger partial charge in [0, 0.05) is 6.42 Å². The van der Waals surface area contributed by atoms with Crippen LogP contribution in [0.15, 0.2) is 60.8 Å². The third-order valence-corrected chi connectivity index (χ3v) is 15.5. The molecular weight excluding hydrogens is 948 g/mol. The third-order valence-electron chi connectivity index (χ3n) is 14.5. The van der Waals surface area contributed by atoms with Gasteiger partial charge < -0.3 is 28.8 Å². The highest BCUT2D eigenvalue weighted by molar-refractivity contribution is 7.45. The third kappa shape index (κ3) is 59.7. The summed E-state index contributed by atoms with van der Waals surface area (Å²) in [4.78, 5) is 25.6. The van der Waals surface area contributed by atoms with Gasteiger partial charge in [-0.1, -0.05) is 299 Å². The fourth-order valence-corrected chi connectivity index (χ4v) is 10.3. The van der Waals surface area contributed by atoms with Crippen LogP contribution in [-0.4, -0.2) is 68.5 Å². The second kappa shape index (κ2) is 56.9. The number of aliphatic hydroxyl groups is 1. The van der Waals surface area contributed by atoms with Crippen LogP contribution in [-0.2, 0) is 18.4 Å². The van der Waals surface area contributed by atoms with Crippen molar-refractivity contribution in [1.82, 2.24) is 5.32 Å². The van der Waals surface area contributed by atoms with Crippen molar-refractivity contribution in [1.29, 1.82) is 0 Å². The normalized spacial score (nSPS) is 14.2. The van der Waals surface area contributed by atoms with Crippen LogP contribution in [0, 0.1) is 0 Å². The van der Waals surface area contributed by atoms with Crippen LogP contribution in [0.3, 0.4) is 0 Å². The average Bonchev–Trinajstić information content (AvgIpc) is 3.37. The molecule has 0 aromatic carbocycles. The standard InChI is InChI=1S/C66H125N2O6P/c1-6-8-10-12-14-16-18-20-22-24-26-27-28-29-30-31-32-33-34-35-36-37-38-39-40-41-42-44-46-48-50-52-54-56-58-60-66(70)67-64(63-74-75(71,72)73-62-61-68(3,4)5)65(69)59-57-55-53-51-49-47-45-43-25-23-21-19-17-15-13-11-9-7-2/h8,10,14,16,20,22,26-27,29-30,64-65,69H,6-7,9,11-13,15,17-19,21,23-25,28,31-63H2,1-5H3,(H-,67,70,71,72)/b10-8-,16-14-,22-20-,27-26-,30-29-. The van der Waals surface area contributed by atoms with Crippen molar-refractivity contribution in [3.63, 3.8) is 0 Å². The fourth-order valence-electron chi connectivity index (χ4n) is 9.54. The summed E-state index contributed by atoms with van der Waals surface area (Å²) < 4.78 is 23.5. The van der Waals surface area contributed by atoms with Gasteiger partial charge in [0.25, 0.3) is 7.82 Å². The maximum atomic E-state index is 13.0. The molecule has 0 aromatic heterocycles. The van der Waals surface area contributed by atoms with Gasteiger partial charge in [0.15, 0.2) is 0 Å². The minimum Gasteiger partial charge on any atom is -0.756 e. The molecule has 75 heavy (non-hydrogen) atoms. The predicted octanol–water partition coefficient (Wildman–Crippen LogP) is 19.4. The molecule has 0 saturated heterocycles. The minimum absolute atomic E-state index is 0.0129.